The Morgan fingerprint density at radius 1 is 0.900 bits per heavy atom. The summed E-state index contributed by atoms with van der Waals surface area (Å²) in [7, 11) is 0. The van der Waals surface area contributed by atoms with Gasteiger partial charge in [0.25, 0.3) is 0 Å². The van der Waals surface area contributed by atoms with Crippen molar-refractivity contribution in [3.8, 4) is 17.1 Å². The Hall–Kier alpha value is -3.64. The fourth-order valence-electron chi connectivity index (χ4n) is 3.84. The van der Waals surface area contributed by atoms with Gasteiger partial charge in [-0.05, 0) is 48.6 Å². The van der Waals surface area contributed by atoms with E-state index in [1.165, 1.54) is 0 Å². The summed E-state index contributed by atoms with van der Waals surface area (Å²) in [5, 5.41) is 14.4. The maximum absolute atomic E-state index is 10.5. The van der Waals surface area contributed by atoms with Crippen LogP contribution in [0, 0.1) is 0 Å². The SMILES string of the molecule is Oc1ccccc1N1C(=S)N[C@@H](c2ccccn2)[C@@H]1c1ccc(-c2ccccc2)o1. The molecule has 0 unspecified atom stereocenters. The van der Waals surface area contributed by atoms with Crippen LogP contribution in [0.2, 0.25) is 0 Å². The Labute approximate surface area is 179 Å². The van der Waals surface area contributed by atoms with Gasteiger partial charge in [-0.2, -0.15) is 0 Å². The maximum Gasteiger partial charge on any atom is 0.174 e. The summed E-state index contributed by atoms with van der Waals surface area (Å²) in [5.74, 6) is 1.67. The van der Waals surface area contributed by atoms with Crippen LogP contribution in [0.5, 0.6) is 5.75 Å². The number of phenolic OH excluding ortho intramolecular Hbond substituents is 1. The second-order valence-electron chi connectivity index (χ2n) is 7.05. The van der Waals surface area contributed by atoms with Gasteiger partial charge in [-0.1, -0.05) is 48.5 Å². The van der Waals surface area contributed by atoms with E-state index in [2.05, 4.69) is 10.3 Å². The summed E-state index contributed by atoms with van der Waals surface area (Å²) >= 11 is 5.67. The monoisotopic (exact) mass is 413 g/mol. The molecule has 1 aliphatic heterocycles. The lowest BCUT2D eigenvalue weighted by Crippen LogP contribution is -2.29. The number of phenols is 1. The summed E-state index contributed by atoms with van der Waals surface area (Å²) < 4.78 is 6.29. The van der Waals surface area contributed by atoms with Crippen LogP contribution in [0.3, 0.4) is 0 Å². The van der Waals surface area contributed by atoms with E-state index in [1.54, 1.807) is 18.3 Å². The number of hydrogen-bond donors (Lipinski definition) is 2. The molecule has 0 spiro atoms. The van der Waals surface area contributed by atoms with Crippen LogP contribution in [0.4, 0.5) is 5.69 Å². The van der Waals surface area contributed by atoms with Crippen LogP contribution >= 0.6 is 12.2 Å². The fraction of sp³-hybridized carbons (Fsp3) is 0.0833. The zero-order valence-corrected chi connectivity index (χ0v) is 16.8. The van der Waals surface area contributed by atoms with Gasteiger partial charge in [0.2, 0.25) is 0 Å². The van der Waals surface area contributed by atoms with Gasteiger partial charge in [-0.3, -0.25) is 4.98 Å². The first-order valence-corrected chi connectivity index (χ1v) is 10.1. The van der Waals surface area contributed by atoms with E-state index in [-0.39, 0.29) is 17.8 Å². The quantitative estimate of drug-likeness (QED) is 0.447. The van der Waals surface area contributed by atoms with E-state index in [1.807, 2.05) is 77.7 Å². The number of benzene rings is 2. The van der Waals surface area contributed by atoms with Crippen LogP contribution < -0.4 is 10.2 Å². The summed E-state index contributed by atoms with van der Waals surface area (Å²) in [6, 6.07) is 26.3. The Bertz CT molecular complexity index is 1180. The molecule has 0 bridgehead atoms. The molecule has 30 heavy (non-hydrogen) atoms. The number of anilines is 1. The summed E-state index contributed by atoms with van der Waals surface area (Å²) in [5.41, 5.74) is 2.47. The number of aromatic hydroxyl groups is 1. The predicted molar refractivity (Wildman–Crippen MR) is 120 cm³/mol. The third-order valence-corrected chi connectivity index (χ3v) is 5.53. The van der Waals surface area contributed by atoms with Crippen molar-refractivity contribution in [3.05, 3.63) is 103 Å². The minimum atomic E-state index is -0.307. The van der Waals surface area contributed by atoms with Gasteiger partial charge in [-0.15, -0.1) is 0 Å². The topological polar surface area (TPSA) is 61.5 Å². The van der Waals surface area contributed by atoms with Crippen LogP contribution in [0.25, 0.3) is 11.3 Å². The molecular weight excluding hydrogens is 394 g/mol. The highest BCUT2D eigenvalue weighted by Gasteiger charge is 2.43. The highest BCUT2D eigenvalue weighted by atomic mass is 32.1. The van der Waals surface area contributed by atoms with Crippen molar-refractivity contribution < 1.29 is 9.52 Å². The predicted octanol–water partition coefficient (Wildman–Crippen LogP) is 5.22. The van der Waals surface area contributed by atoms with Gasteiger partial charge >= 0.3 is 0 Å². The Morgan fingerprint density at radius 2 is 1.67 bits per heavy atom. The average molecular weight is 414 g/mol. The van der Waals surface area contributed by atoms with Gasteiger partial charge in [0.15, 0.2) is 5.11 Å². The van der Waals surface area contributed by atoms with E-state index >= 15 is 0 Å². The molecule has 5 rings (SSSR count). The number of furan rings is 1. The van der Waals surface area contributed by atoms with Crippen molar-refractivity contribution in [2.75, 3.05) is 4.90 Å². The van der Waals surface area contributed by atoms with E-state index in [0.29, 0.717) is 10.8 Å². The first-order chi connectivity index (χ1) is 14.7. The standard InChI is InChI=1S/C24H19N3O2S/c28-19-12-5-4-11-18(19)27-23(22(26-24(27)30)17-10-6-7-15-25-17)21-14-13-20(29-21)16-8-2-1-3-9-16/h1-15,22-23,28H,(H,26,30)/t22-,23-/m0/s1. The van der Waals surface area contributed by atoms with E-state index in [0.717, 1.165) is 22.8 Å². The van der Waals surface area contributed by atoms with E-state index < -0.39 is 0 Å². The zero-order valence-electron chi connectivity index (χ0n) is 16.0. The molecule has 6 heteroatoms. The molecular formula is C24H19N3O2S. The summed E-state index contributed by atoms with van der Waals surface area (Å²) in [6.45, 7) is 0. The lowest BCUT2D eigenvalue weighted by molar-refractivity contribution is 0.434. The highest BCUT2D eigenvalue weighted by molar-refractivity contribution is 7.80. The Balaban J connectivity index is 1.62. The van der Waals surface area contributed by atoms with Gasteiger partial charge in [-0.25, -0.2) is 0 Å². The van der Waals surface area contributed by atoms with Gasteiger partial charge < -0.3 is 19.7 Å². The van der Waals surface area contributed by atoms with E-state index in [4.69, 9.17) is 16.6 Å². The minimum Gasteiger partial charge on any atom is -0.506 e. The Kier molecular flexibility index (Phi) is 4.69. The van der Waals surface area contributed by atoms with Crippen LogP contribution in [-0.2, 0) is 0 Å². The number of rotatable bonds is 4. The molecule has 2 aromatic carbocycles. The molecule has 2 aromatic heterocycles. The molecule has 5 nitrogen and oxygen atoms in total. The van der Waals surface area contributed by atoms with E-state index in [9.17, 15) is 5.11 Å². The second kappa shape index (κ2) is 7.65. The highest BCUT2D eigenvalue weighted by Crippen LogP contribution is 2.45. The molecule has 2 atom stereocenters. The van der Waals surface area contributed by atoms with Gasteiger partial charge in [0, 0.05) is 11.8 Å². The third kappa shape index (κ3) is 3.21. The van der Waals surface area contributed by atoms with Crippen LogP contribution in [0.15, 0.2) is 95.5 Å². The molecule has 0 amide bonds. The molecule has 1 fully saturated rings. The van der Waals surface area contributed by atoms with Gasteiger partial charge in [0.1, 0.15) is 23.3 Å². The van der Waals surface area contributed by atoms with Crippen molar-refractivity contribution in [2.24, 2.45) is 0 Å². The molecule has 0 radical (unpaired) electrons. The fourth-order valence-corrected chi connectivity index (χ4v) is 4.18. The lowest BCUT2D eigenvalue weighted by Gasteiger charge is -2.26. The molecule has 1 aliphatic rings. The molecule has 1 saturated heterocycles. The number of nitrogens with one attached hydrogen (secondary N) is 1. The molecule has 2 N–H and O–H groups in total. The van der Waals surface area contributed by atoms with Crippen LogP contribution in [-0.4, -0.2) is 15.2 Å². The molecule has 148 valence electrons. The van der Waals surface area contributed by atoms with Crippen molar-refractivity contribution in [1.82, 2.24) is 10.3 Å². The molecule has 0 saturated carbocycles. The normalized spacial score (nSPS) is 18.4. The van der Waals surface area contributed by atoms with Crippen molar-refractivity contribution in [3.63, 3.8) is 0 Å². The number of nitrogens with zero attached hydrogens (tertiary/aromatic N) is 2. The van der Waals surface area contributed by atoms with Crippen LogP contribution in [0.1, 0.15) is 23.5 Å². The number of para-hydroxylation sites is 2. The lowest BCUT2D eigenvalue weighted by atomic mass is 10.0. The van der Waals surface area contributed by atoms with Gasteiger partial charge in [0.05, 0.1) is 17.4 Å². The average Bonchev–Trinajstić information content (AvgIpc) is 3.40. The molecule has 3 heterocycles. The maximum atomic E-state index is 10.5. The van der Waals surface area contributed by atoms with Crippen molar-refractivity contribution >= 4 is 23.0 Å². The number of thiocarbonyl (C=S) groups is 1. The summed E-state index contributed by atoms with van der Waals surface area (Å²) in [4.78, 5) is 6.43. The smallest absolute Gasteiger partial charge is 0.174 e. The summed E-state index contributed by atoms with van der Waals surface area (Å²) in [6.07, 6.45) is 1.76. The number of hydrogen-bond acceptors (Lipinski definition) is 4. The first-order valence-electron chi connectivity index (χ1n) is 9.66. The molecule has 0 aliphatic carbocycles. The minimum absolute atomic E-state index is 0.156. The second-order valence-corrected chi connectivity index (χ2v) is 7.44. The number of aromatic nitrogens is 1. The van der Waals surface area contributed by atoms with Crippen molar-refractivity contribution in [2.45, 2.75) is 12.1 Å². The first kappa shape index (κ1) is 18.4. The third-order valence-electron chi connectivity index (χ3n) is 5.22. The van der Waals surface area contributed by atoms with Crippen molar-refractivity contribution in [1.29, 1.82) is 0 Å². The molecule has 4 aromatic rings. The number of pyridine rings is 1. The Morgan fingerprint density at radius 3 is 2.43 bits per heavy atom. The zero-order chi connectivity index (χ0) is 20.5. The largest absolute Gasteiger partial charge is 0.506 e.